The predicted octanol–water partition coefficient (Wildman–Crippen LogP) is 2.89. The van der Waals surface area contributed by atoms with Crippen molar-refractivity contribution in [2.45, 2.75) is 32.8 Å². The van der Waals surface area contributed by atoms with Crippen LogP contribution in [0.5, 0.6) is 11.5 Å². The van der Waals surface area contributed by atoms with Crippen molar-refractivity contribution in [1.29, 1.82) is 0 Å². The molecule has 0 fully saturated rings. The lowest BCUT2D eigenvalue weighted by molar-refractivity contribution is 0.0994. The Balaban J connectivity index is 1.67. The molecule has 1 aromatic heterocycles. The van der Waals surface area contributed by atoms with Gasteiger partial charge in [0, 0.05) is 31.0 Å². The first kappa shape index (κ1) is 19.0. The molecule has 7 nitrogen and oxygen atoms in total. The van der Waals surface area contributed by atoms with Crippen molar-refractivity contribution in [3.05, 3.63) is 58.8 Å². The summed E-state index contributed by atoms with van der Waals surface area (Å²) in [6.07, 6.45) is 3.15. The molecule has 29 heavy (non-hydrogen) atoms. The minimum absolute atomic E-state index is 0.0581. The topological polar surface area (TPSA) is 92.3 Å². The maximum Gasteiger partial charge on any atom is 0.252 e. The highest BCUT2D eigenvalue weighted by Crippen LogP contribution is 2.41. The fourth-order valence-corrected chi connectivity index (χ4v) is 3.60. The van der Waals surface area contributed by atoms with Gasteiger partial charge >= 0.3 is 0 Å². The predicted molar refractivity (Wildman–Crippen MR) is 109 cm³/mol. The molecular formula is C22H24N4O3. The third kappa shape index (κ3) is 3.81. The van der Waals surface area contributed by atoms with Gasteiger partial charge in [-0.05, 0) is 31.0 Å². The summed E-state index contributed by atoms with van der Waals surface area (Å²) >= 11 is 0. The monoisotopic (exact) mass is 392 g/mol. The van der Waals surface area contributed by atoms with E-state index in [0.717, 1.165) is 33.7 Å². The van der Waals surface area contributed by atoms with Crippen LogP contribution < -0.4 is 15.2 Å². The molecule has 0 saturated heterocycles. The lowest BCUT2D eigenvalue weighted by Crippen LogP contribution is -2.17. The third-order valence-electron chi connectivity index (χ3n) is 4.87. The molecule has 1 aliphatic rings. The zero-order valence-electron chi connectivity index (χ0n) is 16.8. The average molecular weight is 392 g/mol. The summed E-state index contributed by atoms with van der Waals surface area (Å²) in [6, 6.07) is 9.94. The van der Waals surface area contributed by atoms with Gasteiger partial charge in [-0.25, -0.2) is 0 Å². The van der Waals surface area contributed by atoms with Gasteiger partial charge in [-0.2, -0.15) is 0 Å². The Morgan fingerprint density at radius 2 is 2.07 bits per heavy atom. The summed E-state index contributed by atoms with van der Waals surface area (Å²) in [7, 11) is 1.84. The number of rotatable bonds is 6. The van der Waals surface area contributed by atoms with Crippen molar-refractivity contribution in [2.75, 3.05) is 6.61 Å². The molecule has 2 aromatic carbocycles. The van der Waals surface area contributed by atoms with E-state index in [9.17, 15) is 4.79 Å². The molecule has 2 heterocycles. The second kappa shape index (κ2) is 7.58. The fourth-order valence-electron chi connectivity index (χ4n) is 3.60. The Morgan fingerprint density at radius 1 is 1.31 bits per heavy atom. The number of nitrogens with two attached hydrogens (primary N) is 1. The van der Waals surface area contributed by atoms with Crippen LogP contribution in [0.2, 0.25) is 0 Å². The van der Waals surface area contributed by atoms with Crippen LogP contribution in [0.4, 0.5) is 0 Å². The van der Waals surface area contributed by atoms with Crippen molar-refractivity contribution in [1.82, 2.24) is 15.0 Å². The highest BCUT2D eigenvalue weighted by Gasteiger charge is 2.27. The summed E-state index contributed by atoms with van der Waals surface area (Å²) in [5, 5.41) is 8.11. The molecule has 3 aromatic rings. The number of aromatic nitrogens is 3. The van der Waals surface area contributed by atoms with E-state index in [0.29, 0.717) is 30.8 Å². The van der Waals surface area contributed by atoms with Gasteiger partial charge < -0.3 is 15.2 Å². The van der Waals surface area contributed by atoms with Gasteiger partial charge in [-0.3, -0.25) is 9.48 Å². The summed E-state index contributed by atoms with van der Waals surface area (Å²) in [5.41, 5.74) is 10.9. The van der Waals surface area contributed by atoms with E-state index in [1.165, 1.54) is 0 Å². The van der Waals surface area contributed by atoms with E-state index in [1.807, 2.05) is 51.4 Å². The molecule has 0 atom stereocenters. The molecule has 150 valence electrons. The summed E-state index contributed by atoms with van der Waals surface area (Å²) in [6.45, 7) is 4.43. The molecule has 0 spiro atoms. The number of benzene rings is 2. The van der Waals surface area contributed by atoms with E-state index in [4.69, 9.17) is 15.2 Å². The Labute approximate surface area is 169 Å². The van der Waals surface area contributed by atoms with Gasteiger partial charge in [0.05, 0.1) is 24.5 Å². The molecule has 0 aliphatic carbocycles. The first-order chi connectivity index (χ1) is 13.9. The Kier molecular flexibility index (Phi) is 4.96. The van der Waals surface area contributed by atoms with Crippen LogP contribution in [-0.2, 0) is 19.9 Å². The van der Waals surface area contributed by atoms with Crippen molar-refractivity contribution < 1.29 is 14.3 Å². The number of carbonyl (C=O) groups excluding carboxylic acids is 1. The van der Waals surface area contributed by atoms with Gasteiger partial charge in [-0.1, -0.05) is 29.5 Å². The first-order valence-electron chi connectivity index (χ1n) is 9.66. The van der Waals surface area contributed by atoms with Crippen LogP contribution in [0.3, 0.4) is 0 Å². The van der Waals surface area contributed by atoms with Gasteiger partial charge in [0.1, 0.15) is 17.2 Å². The Bertz CT molecular complexity index is 1050. The number of aryl methyl sites for hydroxylation is 1. The van der Waals surface area contributed by atoms with Crippen LogP contribution in [0.25, 0.3) is 11.3 Å². The maximum atomic E-state index is 12.1. The summed E-state index contributed by atoms with van der Waals surface area (Å²) in [4.78, 5) is 12.1. The number of hydrogen-bond donors (Lipinski definition) is 1. The maximum absolute atomic E-state index is 12.1. The van der Waals surface area contributed by atoms with Crippen LogP contribution in [-0.4, -0.2) is 33.6 Å². The lowest BCUT2D eigenvalue weighted by Gasteiger charge is -2.18. The molecular weight excluding hydrogens is 368 g/mol. The van der Waals surface area contributed by atoms with E-state index in [-0.39, 0.29) is 6.10 Å². The molecule has 0 unspecified atom stereocenters. The lowest BCUT2D eigenvalue weighted by atomic mass is 9.96. The minimum Gasteiger partial charge on any atom is -0.493 e. The number of fused-ring (bicyclic) bond motifs is 1. The number of carbonyl (C=O) groups is 1. The van der Waals surface area contributed by atoms with Crippen molar-refractivity contribution in [3.63, 3.8) is 0 Å². The van der Waals surface area contributed by atoms with E-state index < -0.39 is 5.91 Å². The van der Waals surface area contributed by atoms with E-state index >= 15 is 0 Å². The zero-order chi connectivity index (χ0) is 20.5. The van der Waals surface area contributed by atoms with Crippen molar-refractivity contribution in [2.24, 2.45) is 12.8 Å². The van der Waals surface area contributed by atoms with Crippen LogP contribution in [0.1, 0.15) is 40.9 Å². The molecule has 1 amide bonds. The summed E-state index contributed by atoms with van der Waals surface area (Å²) in [5.74, 6) is 0.875. The van der Waals surface area contributed by atoms with E-state index in [1.54, 1.807) is 10.7 Å². The van der Waals surface area contributed by atoms with Crippen LogP contribution in [0, 0.1) is 0 Å². The number of amides is 1. The third-order valence-corrected chi connectivity index (χ3v) is 4.87. The highest BCUT2D eigenvalue weighted by atomic mass is 16.5. The van der Waals surface area contributed by atoms with Gasteiger partial charge in [0.25, 0.3) is 5.91 Å². The average Bonchev–Trinajstić information content (AvgIpc) is 3.33. The van der Waals surface area contributed by atoms with Crippen molar-refractivity contribution >= 4 is 5.91 Å². The molecule has 0 bridgehead atoms. The van der Waals surface area contributed by atoms with Crippen molar-refractivity contribution in [3.8, 4) is 22.8 Å². The highest BCUT2D eigenvalue weighted by molar-refractivity contribution is 5.97. The SMILES string of the molecule is CC(C)Oc1c(C(N)=O)cc(Cc2ccc(-c3cn(C)nn3)cc2)c2c1CCO2. The minimum atomic E-state index is -0.491. The number of nitrogens with zero attached hydrogens (tertiary/aromatic N) is 3. The zero-order valence-corrected chi connectivity index (χ0v) is 16.8. The Morgan fingerprint density at radius 3 is 2.69 bits per heavy atom. The molecule has 2 N–H and O–H groups in total. The molecule has 4 rings (SSSR count). The van der Waals surface area contributed by atoms with Gasteiger partial charge in [-0.15, -0.1) is 5.10 Å². The molecule has 7 heteroatoms. The number of hydrogen-bond acceptors (Lipinski definition) is 5. The second-order valence-corrected chi connectivity index (χ2v) is 7.50. The molecule has 0 saturated carbocycles. The van der Waals surface area contributed by atoms with Gasteiger partial charge in [0.15, 0.2) is 0 Å². The van der Waals surface area contributed by atoms with Gasteiger partial charge in [0.2, 0.25) is 0 Å². The van der Waals surface area contributed by atoms with Crippen LogP contribution >= 0.6 is 0 Å². The molecule has 0 radical (unpaired) electrons. The quantitative estimate of drug-likeness (QED) is 0.696. The fraction of sp³-hybridized carbons (Fsp3) is 0.318. The number of primary amides is 1. The second-order valence-electron chi connectivity index (χ2n) is 7.50. The first-order valence-corrected chi connectivity index (χ1v) is 9.66. The largest absolute Gasteiger partial charge is 0.493 e. The smallest absolute Gasteiger partial charge is 0.252 e. The van der Waals surface area contributed by atoms with Crippen LogP contribution in [0.15, 0.2) is 36.5 Å². The normalized spacial score (nSPS) is 12.7. The Hall–Kier alpha value is -3.35. The number of ether oxygens (including phenoxy) is 2. The molecule has 1 aliphatic heterocycles. The van der Waals surface area contributed by atoms with E-state index in [2.05, 4.69) is 10.3 Å². The summed E-state index contributed by atoms with van der Waals surface area (Å²) < 4.78 is 13.5. The standard InChI is InChI=1S/C22H24N4O3/c1-13(2)29-21-17-8-9-28-20(17)16(11-18(21)22(23)27)10-14-4-6-15(7-5-14)19-12-26(3)25-24-19/h4-7,11-13H,8-10H2,1-3H3,(H2,23,27).